The zero-order chi connectivity index (χ0) is 20.6. The number of hydrogen-bond acceptors (Lipinski definition) is 5. The van der Waals surface area contributed by atoms with E-state index in [-0.39, 0.29) is 27.7 Å². The number of carbonyl (C=O) groups excluding carboxylic acids is 1. The minimum absolute atomic E-state index is 0.238. The highest BCUT2D eigenvalue weighted by Crippen LogP contribution is 2.42. The predicted octanol–water partition coefficient (Wildman–Crippen LogP) is 3.63. The lowest BCUT2D eigenvalue weighted by Gasteiger charge is -2.32. The van der Waals surface area contributed by atoms with E-state index in [1.54, 1.807) is 18.2 Å². The molecule has 7 heteroatoms. The Bertz CT molecular complexity index is 843. The number of carboxylic acid groups (broad SMARTS) is 1. The maximum absolute atomic E-state index is 12.3. The molecule has 3 N–H and O–H groups in total. The van der Waals surface area contributed by atoms with E-state index in [9.17, 15) is 14.7 Å². The average Bonchev–Trinajstić information content (AvgIpc) is 2.84. The number of amides is 1. The molecule has 1 heterocycles. The molecule has 0 aliphatic carbocycles. The van der Waals surface area contributed by atoms with Gasteiger partial charge in [-0.3, -0.25) is 14.6 Å². The number of phenolic OH excluding ortho intramolecular Hbond substituents is 1. The first kappa shape index (κ1) is 21.0. The van der Waals surface area contributed by atoms with Crippen LogP contribution in [0.1, 0.15) is 58.2 Å². The SMILES string of the molecule is CC(C)(C)c1c(O)ccc(C=C2SC(=NCC(=O)O)NC2=O)c1C(C)(C)C. The summed E-state index contributed by atoms with van der Waals surface area (Å²) in [5, 5.41) is 22.1. The van der Waals surface area contributed by atoms with Crippen LogP contribution in [0.2, 0.25) is 0 Å². The second-order valence-corrected chi connectivity index (χ2v) is 9.53. The van der Waals surface area contributed by atoms with Gasteiger partial charge in [0.25, 0.3) is 5.91 Å². The van der Waals surface area contributed by atoms with E-state index in [0.717, 1.165) is 28.5 Å². The van der Waals surface area contributed by atoms with Crippen LogP contribution in [0.5, 0.6) is 5.75 Å². The number of aliphatic imine (C=N–C) groups is 1. The van der Waals surface area contributed by atoms with Crippen molar-refractivity contribution in [3.05, 3.63) is 33.7 Å². The zero-order valence-corrected chi connectivity index (χ0v) is 17.3. The van der Waals surface area contributed by atoms with Crippen molar-refractivity contribution < 1.29 is 19.8 Å². The number of phenols is 1. The van der Waals surface area contributed by atoms with Crippen molar-refractivity contribution >= 4 is 34.9 Å². The molecule has 0 bridgehead atoms. The molecule has 1 saturated heterocycles. The summed E-state index contributed by atoms with van der Waals surface area (Å²) in [6, 6.07) is 3.46. The molecule has 0 radical (unpaired) electrons. The van der Waals surface area contributed by atoms with Crippen molar-refractivity contribution in [3.63, 3.8) is 0 Å². The fraction of sp³-hybridized carbons (Fsp3) is 0.450. The van der Waals surface area contributed by atoms with Gasteiger partial charge in [0, 0.05) is 5.56 Å². The number of aromatic hydroxyl groups is 1. The molecule has 146 valence electrons. The van der Waals surface area contributed by atoms with Crippen LogP contribution in [0.15, 0.2) is 22.0 Å². The Kier molecular flexibility index (Phi) is 5.75. The number of hydrogen-bond donors (Lipinski definition) is 3. The van der Waals surface area contributed by atoms with Crippen molar-refractivity contribution in [2.24, 2.45) is 4.99 Å². The molecule has 27 heavy (non-hydrogen) atoms. The Morgan fingerprint density at radius 2 is 1.74 bits per heavy atom. The molecular weight excluding hydrogens is 364 g/mol. The van der Waals surface area contributed by atoms with E-state index in [2.05, 4.69) is 31.1 Å². The third kappa shape index (κ3) is 4.91. The summed E-state index contributed by atoms with van der Waals surface area (Å²) >= 11 is 1.12. The Morgan fingerprint density at radius 3 is 2.26 bits per heavy atom. The molecule has 2 rings (SSSR count). The summed E-state index contributed by atoms with van der Waals surface area (Å²) in [6.07, 6.45) is 1.78. The molecule has 0 aromatic heterocycles. The molecule has 1 amide bonds. The summed E-state index contributed by atoms with van der Waals surface area (Å²) in [6.45, 7) is 11.9. The van der Waals surface area contributed by atoms with Crippen molar-refractivity contribution in [3.8, 4) is 5.75 Å². The third-order valence-electron chi connectivity index (χ3n) is 4.01. The molecule has 1 aromatic rings. The summed E-state index contributed by atoms with van der Waals surface area (Å²) in [5.74, 6) is -1.13. The fourth-order valence-corrected chi connectivity index (χ4v) is 3.89. The number of thioether (sulfide) groups is 1. The molecule has 1 aliphatic heterocycles. The highest BCUT2D eigenvalue weighted by Gasteiger charge is 2.31. The molecule has 1 fully saturated rings. The topological polar surface area (TPSA) is 99.0 Å². The third-order valence-corrected chi connectivity index (χ3v) is 4.96. The number of nitrogens with one attached hydrogen (secondary N) is 1. The number of nitrogens with zero attached hydrogens (tertiary/aromatic N) is 1. The van der Waals surface area contributed by atoms with E-state index in [0.29, 0.717) is 4.91 Å². The number of amidine groups is 1. The molecular formula is C20H26N2O4S. The normalized spacial score (nSPS) is 18.2. The second-order valence-electron chi connectivity index (χ2n) is 8.50. The van der Waals surface area contributed by atoms with Crippen LogP contribution in [0.25, 0.3) is 6.08 Å². The molecule has 0 atom stereocenters. The first-order valence-corrected chi connectivity index (χ1v) is 9.46. The van der Waals surface area contributed by atoms with E-state index in [4.69, 9.17) is 5.11 Å². The lowest BCUT2D eigenvalue weighted by Crippen LogP contribution is -2.23. The zero-order valence-electron chi connectivity index (χ0n) is 16.5. The number of carboxylic acids is 1. The highest BCUT2D eigenvalue weighted by atomic mass is 32.2. The van der Waals surface area contributed by atoms with E-state index >= 15 is 0 Å². The van der Waals surface area contributed by atoms with Crippen LogP contribution in [0.4, 0.5) is 0 Å². The minimum Gasteiger partial charge on any atom is -0.508 e. The van der Waals surface area contributed by atoms with Gasteiger partial charge in [-0.15, -0.1) is 0 Å². The molecule has 0 saturated carbocycles. The van der Waals surface area contributed by atoms with Crippen LogP contribution in [-0.4, -0.2) is 33.8 Å². The quantitative estimate of drug-likeness (QED) is 0.685. The van der Waals surface area contributed by atoms with Crippen LogP contribution in [0, 0.1) is 0 Å². The van der Waals surface area contributed by atoms with Crippen molar-refractivity contribution in [2.75, 3.05) is 6.54 Å². The Balaban J connectivity index is 2.57. The van der Waals surface area contributed by atoms with Crippen LogP contribution >= 0.6 is 11.8 Å². The van der Waals surface area contributed by atoms with E-state index in [1.807, 2.05) is 20.8 Å². The van der Waals surface area contributed by atoms with Crippen LogP contribution in [0.3, 0.4) is 0 Å². The van der Waals surface area contributed by atoms with Crippen molar-refractivity contribution in [1.82, 2.24) is 5.32 Å². The smallest absolute Gasteiger partial charge is 0.325 e. The molecule has 6 nitrogen and oxygen atoms in total. The van der Waals surface area contributed by atoms with E-state index < -0.39 is 12.5 Å². The summed E-state index contributed by atoms with van der Waals surface area (Å²) in [4.78, 5) is 27.2. The van der Waals surface area contributed by atoms with Gasteiger partial charge in [0.15, 0.2) is 5.17 Å². The highest BCUT2D eigenvalue weighted by molar-refractivity contribution is 8.18. The van der Waals surface area contributed by atoms with Gasteiger partial charge in [-0.25, -0.2) is 0 Å². The van der Waals surface area contributed by atoms with Crippen molar-refractivity contribution in [2.45, 2.75) is 52.4 Å². The summed E-state index contributed by atoms with van der Waals surface area (Å²) in [7, 11) is 0. The van der Waals surface area contributed by atoms with Crippen LogP contribution in [-0.2, 0) is 20.4 Å². The standard InChI is InChI=1S/C20H26N2O4S/c1-19(2,3)15-11(7-8-12(23)16(15)20(4,5)6)9-13-17(26)22-18(27-13)21-10-14(24)25/h7-9,23H,10H2,1-6H3,(H,24,25)(H,21,22,26). The van der Waals surface area contributed by atoms with Gasteiger partial charge in [0.2, 0.25) is 0 Å². The van der Waals surface area contributed by atoms with Gasteiger partial charge < -0.3 is 15.5 Å². The monoisotopic (exact) mass is 390 g/mol. The number of benzene rings is 1. The van der Waals surface area contributed by atoms with Gasteiger partial charge in [-0.05, 0) is 45.9 Å². The molecule has 0 unspecified atom stereocenters. The number of rotatable bonds is 3. The first-order chi connectivity index (χ1) is 12.3. The first-order valence-electron chi connectivity index (χ1n) is 8.65. The number of aliphatic carboxylic acids is 1. The second kappa shape index (κ2) is 7.38. The summed E-state index contributed by atoms with van der Waals surface area (Å²) < 4.78 is 0. The fourth-order valence-electron chi connectivity index (χ4n) is 3.08. The average molecular weight is 391 g/mol. The molecule has 1 aromatic carbocycles. The lowest BCUT2D eigenvalue weighted by atomic mass is 9.72. The molecule has 0 spiro atoms. The predicted molar refractivity (Wildman–Crippen MR) is 109 cm³/mol. The van der Waals surface area contributed by atoms with Gasteiger partial charge in [-0.1, -0.05) is 47.6 Å². The van der Waals surface area contributed by atoms with Crippen molar-refractivity contribution in [1.29, 1.82) is 0 Å². The summed E-state index contributed by atoms with van der Waals surface area (Å²) in [5.41, 5.74) is 2.15. The molecule has 1 aliphatic rings. The largest absolute Gasteiger partial charge is 0.508 e. The number of carbonyl (C=O) groups is 2. The van der Waals surface area contributed by atoms with Gasteiger partial charge in [-0.2, -0.15) is 0 Å². The Morgan fingerprint density at radius 1 is 1.15 bits per heavy atom. The van der Waals surface area contributed by atoms with E-state index in [1.165, 1.54) is 0 Å². The van der Waals surface area contributed by atoms with Crippen LogP contribution < -0.4 is 5.32 Å². The lowest BCUT2D eigenvalue weighted by molar-refractivity contribution is -0.135. The maximum Gasteiger partial charge on any atom is 0.325 e. The van der Waals surface area contributed by atoms with Gasteiger partial charge >= 0.3 is 5.97 Å². The minimum atomic E-state index is -1.06. The van der Waals surface area contributed by atoms with Gasteiger partial charge in [0.05, 0.1) is 4.91 Å². The van der Waals surface area contributed by atoms with Gasteiger partial charge in [0.1, 0.15) is 12.3 Å². The Labute approximate surface area is 163 Å². The Hall–Kier alpha value is -2.28. The maximum atomic E-state index is 12.3.